The van der Waals surface area contributed by atoms with Gasteiger partial charge in [-0.15, -0.1) is 26.9 Å². The molecule has 0 spiro atoms. The standard InChI is InChI=1S/C18H13ClN6O2S/c19-15-16(10-5-1-4-8-13(10)26)25(17(15)27)18-22-21-14(28-18)9-24-12-7-3-2-6-11(12)20-23-24/h1-8,15-16,26H,9H2. The number of amides is 1. The highest BCUT2D eigenvalue weighted by molar-refractivity contribution is 7.15. The number of carbonyl (C=O) groups excluding carboxylic acids is 1. The summed E-state index contributed by atoms with van der Waals surface area (Å²) in [5, 5.41) is 27.2. The summed E-state index contributed by atoms with van der Waals surface area (Å²) in [5.74, 6) is -0.168. The first-order valence-electron chi connectivity index (χ1n) is 8.49. The van der Waals surface area contributed by atoms with E-state index in [0.29, 0.717) is 22.2 Å². The zero-order valence-electron chi connectivity index (χ0n) is 14.3. The van der Waals surface area contributed by atoms with Crippen LogP contribution in [0, 0.1) is 0 Å². The number of benzene rings is 2. The number of halogens is 1. The van der Waals surface area contributed by atoms with Crippen LogP contribution < -0.4 is 4.90 Å². The topological polar surface area (TPSA) is 97.0 Å². The van der Waals surface area contributed by atoms with E-state index in [1.807, 2.05) is 24.3 Å². The Labute approximate surface area is 168 Å². The highest BCUT2D eigenvalue weighted by atomic mass is 35.5. The largest absolute Gasteiger partial charge is 0.508 e. The van der Waals surface area contributed by atoms with Gasteiger partial charge in [-0.2, -0.15) is 0 Å². The highest BCUT2D eigenvalue weighted by Gasteiger charge is 2.50. The maximum absolute atomic E-state index is 12.4. The summed E-state index contributed by atoms with van der Waals surface area (Å²) in [6.45, 7) is 0.395. The van der Waals surface area contributed by atoms with E-state index in [2.05, 4.69) is 20.5 Å². The van der Waals surface area contributed by atoms with Gasteiger partial charge in [0.2, 0.25) is 11.0 Å². The van der Waals surface area contributed by atoms with E-state index in [9.17, 15) is 9.90 Å². The number of aromatic nitrogens is 5. The smallest absolute Gasteiger partial charge is 0.250 e. The number of rotatable bonds is 4. The van der Waals surface area contributed by atoms with Gasteiger partial charge in [0.25, 0.3) is 0 Å². The quantitative estimate of drug-likeness (QED) is 0.409. The minimum absolute atomic E-state index is 0.0921. The Morgan fingerprint density at radius 2 is 1.86 bits per heavy atom. The molecule has 1 saturated heterocycles. The first-order valence-corrected chi connectivity index (χ1v) is 9.74. The molecule has 1 aliphatic rings. The Bertz CT molecular complexity index is 1190. The molecule has 1 aliphatic heterocycles. The summed E-state index contributed by atoms with van der Waals surface area (Å²) in [7, 11) is 0. The second kappa shape index (κ2) is 6.54. The van der Waals surface area contributed by atoms with Crippen molar-refractivity contribution in [2.45, 2.75) is 18.0 Å². The molecular formula is C18H13ClN6O2S. The lowest BCUT2D eigenvalue weighted by molar-refractivity contribution is -0.123. The molecule has 1 amide bonds. The van der Waals surface area contributed by atoms with Crippen molar-refractivity contribution in [3.05, 3.63) is 59.1 Å². The van der Waals surface area contributed by atoms with Gasteiger partial charge in [-0.3, -0.25) is 9.69 Å². The lowest BCUT2D eigenvalue weighted by Gasteiger charge is -2.42. The van der Waals surface area contributed by atoms with Crippen molar-refractivity contribution < 1.29 is 9.90 Å². The van der Waals surface area contributed by atoms with Gasteiger partial charge in [-0.25, -0.2) is 4.68 Å². The summed E-state index contributed by atoms with van der Waals surface area (Å²) in [4.78, 5) is 13.9. The molecule has 5 rings (SSSR count). The molecule has 1 fully saturated rings. The van der Waals surface area contributed by atoms with E-state index < -0.39 is 11.4 Å². The number of hydrogen-bond donors (Lipinski definition) is 1. The van der Waals surface area contributed by atoms with E-state index in [4.69, 9.17) is 11.6 Å². The van der Waals surface area contributed by atoms with Crippen LogP contribution in [0.3, 0.4) is 0 Å². The van der Waals surface area contributed by atoms with Gasteiger partial charge in [0.15, 0.2) is 0 Å². The van der Waals surface area contributed by atoms with Gasteiger partial charge in [-0.05, 0) is 18.2 Å². The van der Waals surface area contributed by atoms with Crippen LogP contribution >= 0.6 is 22.9 Å². The Morgan fingerprint density at radius 3 is 2.71 bits per heavy atom. The summed E-state index contributed by atoms with van der Waals surface area (Å²) in [6, 6.07) is 14.0. The summed E-state index contributed by atoms with van der Waals surface area (Å²) in [6.07, 6.45) is 0. The average Bonchev–Trinajstić information content (AvgIpc) is 3.34. The predicted molar refractivity (Wildman–Crippen MR) is 105 cm³/mol. The molecule has 10 heteroatoms. The molecule has 8 nitrogen and oxygen atoms in total. The van der Waals surface area contributed by atoms with E-state index in [0.717, 1.165) is 11.0 Å². The zero-order chi connectivity index (χ0) is 19.3. The van der Waals surface area contributed by atoms with Crippen molar-refractivity contribution in [3.8, 4) is 5.75 Å². The molecule has 2 aromatic carbocycles. The number of phenolic OH excluding ortho intramolecular Hbond substituents is 1. The lowest BCUT2D eigenvalue weighted by Crippen LogP contribution is -2.56. The molecule has 1 N–H and O–H groups in total. The second-order valence-electron chi connectivity index (χ2n) is 6.33. The van der Waals surface area contributed by atoms with Gasteiger partial charge in [0, 0.05) is 5.56 Å². The number of para-hydroxylation sites is 2. The SMILES string of the molecule is O=C1C(Cl)C(c2ccccc2O)N1c1nnc(Cn2nnc3ccccc32)s1. The van der Waals surface area contributed by atoms with Crippen molar-refractivity contribution in [2.75, 3.05) is 4.90 Å². The van der Waals surface area contributed by atoms with Crippen LogP contribution in [0.15, 0.2) is 48.5 Å². The Balaban J connectivity index is 1.44. The van der Waals surface area contributed by atoms with E-state index in [-0.39, 0.29) is 11.7 Å². The molecule has 4 aromatic rings. The van der Waals surface area contributed by atoms with E-state index in [1.54, 1.807) is 28.9 Å². The van der Waals surface area contributed by atoms with Crippen LogP contribution in [-0.4, -0.2) is 41.6 Å². The van der Waals surface area contributed by atoms with Crippen molar-refractivity contribution in [1.82, 2.24) is 25.2 Å². The number of anilines is 1. The number of fused-ring (bicyclic) bond motifs is 1. The second-order valence-corrected chi connectivity index (χ2v) is 7.84. The normalized spacial score (nSPS) is 19.2. The van der Waals surface area contributed by atoms with Gasteiger partial charge in [0.1, 0.15) is 21.7 Å². The van der Waals surface area contributed by atoms with Gasteiger partial charge in [0.05, 0.1) is 18.1 Å². The molecule has 0 bridgehead atoms. The molecule has 2 unspecified atom stereocenters. The van der Waals surface area contributed by atoms with Crippen LogP contribution in [-0.2, 0) is 11.3 Å². The fraction of sp³-hybridized carbons (Fsp3) is 0.167. The van der Waals surface area contributed by atoms with Crippen LogP contribution in [0.4, 0.5) is 5.13 Å². The molecule has 0 saturated carbocycles. The minimum atomic E-state index is -0.750. The Morgan fingerprint density at radius 1 is 1.07 bits per heavy atom. The van der Waals surface area contributed by atoms with E-state index >= 15 is 0 Å². The van der Waals surface area contributed by atoms with Crippen LogP contribution in [0.25, 0.3) is 11.0 Å². The molecule has 3 heterocycles. The third-order valence-corrected chi connectivity index (χ3v) is 5.98. The Hall–Kier alpha value is -3.04. The molecule has 0 radical (unpaired) electrons. The molecular weight excluding hydrogens is 400 g/mol. The first-order chi connectivity index (χ1) is 13.6. The maximum Gasteiger partial charge on any atom is 0.250 e. The monoisotopic (exact) mass is 412 g/mol. The number of carbonyl (C=O) groups is 1. The van der Waals surface area contributed by atoms with Gasteiger partial charge in [-0.1, -0.05) is 46.9 Å². The zero-order valence-corrected chi connectivity index (χ0v) is 15.9. The highest BCUT2D eigenvalue weighted by Crippen LogP contribution is 2.45. The van der Waals surface area contributed by atoms with Crippen molar-refractivity contribution in [3.63, 3.8) is 0 Å². The lowest BCUT2D eigenvalue weighted by atomic mass is 9.93. The number of phenols is 1. The van der Waals surface area contributed by atoms with Crippen LogP contribution in [0.5, 0.6) is 5.75 Å². The number of hydrogen-bond acceptors (Lipinski definition) is 7. The minimum Gasteiger partial charge on any atom is -0.508 e. The third kappa shape index (κ3) is 2.62. The summed E-state index contributed by atoms with van der Waals surface area (Å²) in [5.41, 5.74) is 2.28. The summed E-state index contributed by atoms with van der Waals surface area (Å²) >= 11 is 7.52. The third-order valence-electron chi connectivity index (χ3n) is 4.65. The average molecular weight is 413 g/mol. The summed E-state index contributed by atoms with van der Waals surface area (Å²) < 4.78 is 1.74. The number of aromatic hydroxyl groups is 1. The molecule has 2 atom stereocenters. The number of β-lactam (4-membered cyclic amide) rings is 1. The van der Waals surface area contributed by atoms with Gasteiger partial charge >= 0.3 is 0 Å². The van der Waals surface area contributed by atoms with Crippen molar-refractivity contribution >= 4 is 45.0 Å². The molecule has 28 heavy (non-hydrogen) atoms. The van der Waals surface area contributed by atoms with Gasteiger partial charge < -0.3 is 5.11 Å². The predicted octanol–water partition coefficient (Wildman–Crippen LogP) is 2.73. The first kappa shape index (κ1) is 17.1. The fourth-order valence-electron chi connectivity index (χ4n) is 3.27. The maximum atomic E-state index is 12.4. The molecule has 2 aromatic heterocycles. The van der Waals surface area contributed by atoms with Crippen LogP contribution in [0.2, 0.25) is 0 Å². The van der Waals surface area contributed by atoms with Crippen molar-refractivity contribution in [1.29, 1.82) is 0 Å². The molecule has 0 aliphatic carbocycles. The van der Waals surface area contributed by atoms with E-state index in [1.165, 1.54) is 16.2 Å². The number of nitrogens with zero attached hydrogens (tertiary/aromatic N) is 6. The Kier molecular flexibility index (Phi) is 3.99. The number of alkyl halides is 1. The fourth-order valence-corrected chi connectivity index (χ4v) is 4.49. The van der Waals surface area contributed by atoms with Crippen molar-refractivity contribution in [2.24, 2.45) is 0 Å². The van der Waals surface area contributed by atoms with Crippen LogP contribution in [0.1, 0.15) is 16.6 Å². The molecule has 140 valence electrons.